The van der Waals surface area contributed by atoms with Gasteiger partial charge in [0, 0.05) is 12.6 Å². The fraction of sp³-hybridized carbons (Fsp3) is 0.391. The first kappa shape index (κ1) is 24.5. The van der Waals surface area contributed by atoms with E-state index in [2.05, 4.69) is 15.4 Å². The molecular weight excluding hydrogens is 449 g/mol. The molecule has 0 unspecified atom stereocenters. The van der Waals surface area contributed by atoms with Crippen molar-refractivity contribution in [3.63, 3.8) is 0 Å². The number of nitrogens with one attached hydrogen (secondary N) is 3. The second kappa shape index (κ2) is 11.1. The Balaban J connectivity index is 1.51. The summed E-state index contributed by atoms with van der Waals surface area (Å²) < 4.78 is 45.5. The predicted octanol–water partition coefficient (Wildman–Crippen LogP) is 3.13. The van der Waals surface area contributed by atoms with E-state index in [-0.39, 0.29) is 28.8 Å². The molecule has 0 spiro atoms. The highest BCUT2D eigenvalue weighted by Gasteiger charge is 2.21. The van der Waals surface area contributed by atoms with E-state index in [1.54, 1.807) is 12.1 Å². The van der Waals surface area contributed by atoms with E-state index in [0.717, 1.165) is 43.7 Å². The van der Waals surface area contributed by atoms with Crippen LogP contribution in [0, 0.1) is 5.82 Å². The third-order valence-corrected chi connectivity index (χ3v) is 6.85. The molecule has 33 heavy (non-hydrogen) atoms. The molecule has 178 valence electrons. The predicted molar refractivity (Wildman–Crippen MR) is 121 cm³/mol. The summed E-state index contributed by atoms with van der Waals surface area (Å²) in [6, 6.07) is 9.01. The molecule has 8 nitrogen and oxygen atoms in total. The van der Waals surface area contributed by atoms with E-state index < -0.39 is 27.8 Å². The number of carbonyl (C=O) groups excluding carboxylic acids is 2. The van der Waals surface area contributed by atoms with Gasteiger partial charge in [-0.1, -0.05) is 31.4 Å². The molecule has 1 fully saturated rings. The number of sulfonamides is 1. The van der Waals surface area contributed by atoms with Crippen LogP contribution in [-0.2, 0) is 16.4 Å². The molecule has 0 aliphatic heterocycles. The maximum Gasteiger partial charge on any atom is 0.328 e. The van der Waals surface area contributed by atoms with Crippen LogP contribution in [0.15, 0.2) is 47.4 Å². The van der Waals surface area contributed by atoms with Gasteiger partial charge in [-0.3, -0.25) is 4.79 Å². The number of amides is 3. The molecule has 2 aromatic rings. The molecule has 2 aromatic carbocycles. The smallest absolute Gasteiger partial charge is 0.328 e. The Hall–Kier alpha value is -3.14. The van der Waals surface area contributed by atoms with Crippen LogP contribution in [0.3, 0.4) is 0 Å². The summed E-state index contributed by atoms with van der Waals surface area (Å²) in [4.78, 5) is 24.4. The van der Waals surface area contributed by atoms with Crippen molar-refractivity contribution in [2.45, 2.75) is 49.5 Å². The number of hydrogen-bond donors (Lipinski definition) is 3. The highest BCUT2D eigenvalue weighted by Crippen LogP contribution is 2.19. The molecule has 3 amide bonds. The highest BCUT2D eigenvalue weighted by molar-refractivity contribution is 7.90. The number of rotatable bonds is 8. The van der Waals surface area contributed by atoms with Gasteiger partial charge in [0.25, 0.3) is 15.9 Å². The first-order valence-electron chi connectivity index (χ1n) is 10.8. The Bertz CT molecular complexity index is 1080. The van der Waals surface area contributed by atoms with Crippen molar-refractivity contribution in [2.24, 2.45) is 0 Å². The van der Waals surface area contributed by atoms with Gasteiger partial charge in [0.1, 0.15) is 11.6 Å². The van der Waals surface area contributed by atoms with Crippen molar-refractivity contribution >= 4 is 22.0 Å². The maximum atomic E-state index is 13.4. The van der Waals surface area contributed by atoms with Gasteiger partial charge in [-0.2, -0.15) is 0 Å². The van der Waals surface area contributed by atoms with Crippen LogP contribution in [0.1, 0.15) is 48.0 Å². The van der Waals surface area contributed by atoms with Gasteiger partial charge in [0.15, 0.2) is 0 Å². The zero-order valence-electron chi connectivity index (χ0n) is 18.4. The SMILES string of the molecule is COc1ccc(F)cc1C(=O)NCCc1ccc(S(=O)(=O)NC(=O)NC2CCCCC2)cc1. The lowest BCUT2D eigenvalue weighted by atomic mass is 9.96. The molecule has 0 heterocycles. The summed E-state index contributed by atoms with van der Waals surface area (Å²) in [5.74, 6) is -0.749. The van der Waals surface area contributed by atoms with Gasteiger partial charge in [0.05, 0.1) is 17.6 Å². The summed E-state index contributed by atoms with van der Waals surface area (Å²) in [6.07, 6.45) is 5.31. The van der Waals surface area contributed by atoms with Gasteiger partial charge < -0.3 is 15.4 Å². The van der Waals surface area contributed by atoms with Crippen LogP contribution >= 0.6 is 0 Å². The minimum absolute atomic E-state index is 0.00103. The van der Waals surface area contributed by atoms with Gasteiger partial charge >= 0.3 is 6.03 Å². The standard InChI is InChI=1S/C23H28FN3O5S/c1-32-21-12-9-17(24)15-20(21)22(28)25-14-13-16-7-10-19(11-8-16)33(30,31)27-23(29)26-18-5-3-2-4-6-18/h7-12,15,18H,2-6,13-14H2,1H3,(H,25,28)(H2,26,27,29). The van der Waals surface area contributed by atoms with Crippen molar-refractivity contribution in [1.82, 2.24) is 15.4 Å². The number of ether oxygens (including phenoxy) is 1. The lowest BCUT2D eigenvalue weighted by Crippen LogP contribution is -2.45. The number of urea groups is 1. The molecular formula is C23H28FN3O5S. The molecule has 3 N–H and O–H groups in total. The van der Waals surface area contributed by atoms with Crippen molar-refractivity contribution in [2.75, 3.05) is 13.7 Å². The van der Waals surface area contributed by atoms with Crippen molar-refractivity contribution in [3.8, 4) is 5.75 Å². The Labute approximate surface area is 193 Å². The molecule has 1 aliphatic rings. The third kappa shape index (κ3) is 6.92. The summed E-state index contributed by atoms with van der Waals surface area (Å²) >= 11 is 0. The Morgan fingerprint density at radius 3 is 2.42 bits per heavy atom. The van der Waals surface area contributed by atoms with Crippen LogP contribution in [-0.4, -0.2) is 40.1 Å². The molecule has 3 rings (SSSR count). The largest absolute Gasteiger partial charge is 0.496 e. The zero-order valence-corrected chi connectivity index (χ0v) is 19.2. The van der Waals surface area contributed by atoms with Crippen LogP contribution in [0.2, 0.25) is 0 Å². The minimum atomic E-state index is -3.99. The number of halogens is 1. The number of methoxy groups -OCH3 is 1. The van der Waals surface area contributed by atoms with E-state index in [1.807, 2.05) is 0 Å². The fourth-order valence-electron chi connectivity index (χ4n) is 3.75. The fourth-order valence-corrected chi connectivity index (χ4v) is 4.67. The normalized spacial score (nSPS) is 14.4. The second-order valence-electron chi connectivity index (χ2n) is 7.91. The molecule has 0 bridgehead atoms. The van der Waals surface area contributed by atoms with Gasteiger partial charge in [-0.05, 0) is 55.2 Å². The van der Waals surface area contributed by atoms with Crippen LogP contribution in [0.5, 0.6) is 5.75 Å². The molecule has 1 aliphatic carbocycles. The number of benzene rings is 2. The van der Waals surface area contributed by atoms with Gasteiger partial charge in [0.2, 0.25) is 0 Å². The van der Waals surface area contributed by atoms with Crippen LogP contribution in [0.25, 0.3) is 0 Å². The average molecular weight is 478 g/mol. The maximum absolute atomic E-state index is 13.4. The Kier molecular flexibility index (Phi) is 8.26. The minimum Gasteiger partial charge on any atom is -0.496 e. The highest BCUT2D eigenvalue weighted by atomic mass is 32.2. The van der Waals surface area contributed by atoms with Crippen molar-refractivity contribution < 1.29 is 27.1 Å². The van der Waals surface area contributed by atoms with Gasteiger partial charge in [-0.25, -0.2) is 22.3 Å². The monoisotopic (exact) mass is 477 g/mol. The third-order valence-electron chi connectivity index (χ3n) is 5.51. The average Bonchev–Trinajstić information content (AvgIpc) is 2.79. The first-order valence-corrected chi connectivity index (χ1v) is 12.3. The van der Waals surface area contributed by atoms with Crippen LogP contribution < -0.4 is 20.1 Å². The van der Waals surface area contributed by atoms with Crippen molar-refractivity contribution in [3.05, 3.63) is 59.4 Å². The molecule has 0 radical (unpaired) electrons. The van der Waals surface area contributed by atoms with E-state index in [1.165, 1.54) is 31.4 Å². The quantitative estimate of drug-likeness (QED) is 0.541. The lowest BCUT2D eigenvalue weighted by Gasteiger charge is -2.22. The van der Waals surface area contributed by atoms with Gasteiger partial charge in [-0.15, -0.1) is 0 Å². The number of carbonyl (C=O) groups is 2. The van der Waals surface area contributed by atoms with Crippen molar-refractivity contribution in [1.29, 1.82) is 0 Å². The number of hydrogen-bond acceptors (Lipinski definition) is 5. The molecule has 0 saturated heterocycles. The first-order chi connectivity index (χ1) is 15.8. The Morgan fingerprint density at radius 1 is 1.06 bits per heavy atom. The molecule has 0 atom stereocenters. The van der Waals surface area contributed by atoms with E-state index in [9.17, 15) is 22.4 Å². The summed E-state index contributed by atoms with van der Waals surface area (Å²) in [7, 11) is -2.59. The molecule has 10 heteroatoms. The van der Waals surface area contributed by atoms with E-state index >= 15 is 0 Å². The van der Waals surface area contributed by atoms with E-state index in [0.29, 0.717) is 6.42 Å². The zero-order chi connectivity index (χ0) is 23.8. The topological polar surface area (TPSA) is 114 Å². The molecule has 0 aromatic heterocycles. The van der Waals surface area contributed by atoms with Crippen LogP contribution in [0.4, 0.5) is 9.18 Å². The lowest BCUT2D eigenvalue weighted by molar-refractivity contribution is 0.0950. The molecule has 1 saturated carbocycles. The summed E-state index contributed by atoms with van der Waals surface area (Å²) in [6.45, 7) is 0.257. The van der Waals surface area contributed by atoms with E-state index in [4.69, 9.17) is 4.74 Å². The second-order valence-corrected chi connectivity index (χ2v) is 9.59. The summed E-state index contributed by atoms with van der Waals surface area (Å²) in [5.41, 5.74) is 0.878. The Morgan fingerprint density at radius 2 is 1.76 bits per heavy atom. The summed E-state index contributed by atoms with van der Waals surface area (Å²) in [5, 5.41) is 5.41.